The second-order valence-corrected chi connectivity index (χ2v) is 6.45. The van der Waals surface area contributed by atoms with Gasteiger partial charge in [0.25, 0.3) is 5.01 Å². The van der Waals surface area contributed by atoms with Crippen LogP contribution >= 0.6 is 11.3 Å². The minimum absolute atomic E-state index is 0. The van der Waals surface area contributed by atoms with E-state index in [9.17, 15) is 4.79 Å². The highest BCUT2D eigenvalue weighted by molar-refractivity contribution is 7.18. The molecule has 1 heterocycles. The first-order valence-electron chi connectivity index (χ1n) is 7.74. The van der Waals surface area contributed by atoms with Crippen LogP contribution in [0.25, 0.3) is 16.3 Å². The molecule has 0 radical (unpaired) electrons. The molecule has 0 aliphatic heterocycles. The molecule has 0 saturated carbocycles. The van der Waals surface area contributed by atoms with E-state index in [4.69, 9.17) is 0 Å². The normalized spacial score (nSPS) is 11.1. The number of aromatic nitrogens is 1. The number of carbonyl (C=O) groups excluding carboxylic acids is 1. The van der Waals surface area contributed by atoms with Gasteiger partial charge in [-0.2, -0.15) is 4.57 Å². The van der Waals surface area contributed by atoms with E-state index in [1.165, 1.54) is 10.2 Å². The van der Waals surface area contributed by atoms with Crippen LogP contribution in [0.5, 0.6) is 0 Å². The van der Waals surface area contributed by atoms with Gasteiger partial charge >= 0.3 is 0 Å². The monoisotopic (exact) mass is 462 g/mol. The van der Waals surface area contributed by atoms with Crippen LogP contribution < -0.4 is 33.4 Å². The number of carbonyl (C=O) groups is 1. The average molecular weight is 462 g/mol. The van der Waals surface area contributed by atoms with Crippen LogP contribution in [0, 0.1) is 0 Å². The van der Waals surface area contributed by atoms with E-state index in [1.54, 1.807) is 29.4 Å². The lowest BCUT2D eigenvalue weighted by Gasteiger charge is -2.15. The molecule has 0 aliphatic carbocycles. The Labute approximate surface area is 168 Å². The maximum Gasteiger partial charge on any atom is 0.262 e. The SMILES string of the molecule is CC(=O)N(/C=C/C=C/c1sc2ccccc2[n+]1C)c1ccccc1.[I-]. The van der Waals surface area contributed by atoms with Crippen molar-refractivity contribution in [3.05, 3.63) is 78.0 Å². The number of anilines is 1. The van der Waals surface area contributed by atoms with E-state index in [0.717, 1.165) is 10.7 Å². The molecule has 0 spiro atoms. The third-order valence-electron chi connectivity index (χ3n) is 3.73. The number of nitrogens with zero attached hydrogens (tertiary/aromatic N) is 2. The number of fused-ring (bicyclic) bond motifs is 1. The molecular weight excluding hydrogens is 443 g/mol. The van der Waals surface area contributed by atoms with Crippen molar-refractivity contribution >= 4 is 39.2 Å². The van der Waals surface area contributed by atoms with Gasteiger partial charge in [0.05, 0.1) is 0 Å². The molecule has 0 saturated heterocycles. The number of rotatable bonds is 4. The van der Waals surface area contributed by atoms with E-state index in [1.807, 2.05) is 48.6 Å². The van der Waals surface area contributed by atoms with Crippen molar-refractivity contribution in [2.45, 2.75) is 6.92 Å². The predicted octanol–water partition coefficient (Wildman–Crippen LogP) is 1.31. The number of para-hydroxylation sites is 2. The van der Waals surface area contributed by atoms with Gasteiger partial charge in [0.2, 0.25) is 11.4 Å². The van der Waals surface area contributed by atoms with Crippen molar-refractivity contribution in [3.63, 3.8) is 0 Å². The largest absolute Gasteiger partial charge is 1.00 e. The van der Waals surface area contributed by atoms with Gasteiger partial charge in [-0.3, -0.25) is 9.69 Å². The van der Waals surface area contributed by atoms with Gasteiger partial charge < -0.3 is 24.0 Å². The lowest BCUT2D eigenvalue weighted by Crippen LogP contribution is -3.00. The molecule has 5 heteroatoms. The number of thiazole rings is 1. The molecule has 3 rings (SSSR count). The van der Waals surface area contributed by atoms with E-state index in [-0.39, 0.29) is 29.9 Å². The zero-order valence-electron chi connectivity index (χ0n) is 14.1. The molecule has 0 atom stereocenters. The maximum absolute atomic E-state index is 11.8. The summed E-state index contributed by atoms with van der Waals surface area (Å²) in [6.45, 7) is 1.56. The second kappa shape index (κ2) is 8.92. The first kappa shape index (κ1) is 19.3. The fourth-order valence-electron chi connectivity index (χ4n) is 2.50. The highest BCUT2D eigenvalue weighted by Gasteiger charge is 2.12. The smallest absolute Gasteiger partial charge is 0.262 e. The van der Waals surface area contributed by atoms with Gasteiger partial charge in [0.15, 0.2) is 0 Å². The number of amides is 1. The Kier molecular flexibility index (Phi) is 6.90. The fraction of sp³-hybridized carbons (Fsp3) is 0.100. The van der Waals surface area contributed by atoms with Crippen LogP contribution in [-0.4, -0.2) is 5.91 Å². The Morgan fingerprint density at radius 2 is 1.72 bits per heavy atom. The second-order valence-electron chi connectivity index (χ2n) is 5.39. The summed E-state index contributed by atoms with van der Waals surface area (Å²) < 4.78 is 3.43. The summed E-state index contributed by atoms with van der Waals surface area (Å²) in [4.78, 5) is 13.5. The highest BCUT2D eigenvalue weighted by atomic mass is 127. The Balaban J connectivity index is 0.00000225. The summed E-state index contributed by atoms with van der Waals surface area (Å²) in [6.07, 6.45) is 7.70. The average Bonchev–Trinajstić information content (AvgIpc) is 2.92. The van der Waals surface area contributed by atoms with Crippen LogP contribution in [0.4, 0.5) is 5.69 Å². The molecular formula is C20H19IN2OS. The van der Waals surface area contributed by atoms with Crippen molar-refractivity contribution < 1.29 is 33.3 Å². The van der Waals surface area contributed by atoms with Crippen molar-refractivity contribution in [1.29, 1.82) is 0 Å². The zero-order chi connectivity index (χ0) is 16.9. The molecule has 25 heavy (non-hydrogen) atoms. The quantitative estimate of drug-likeness (QED) is 0.326. The molecule has 0 fully saturated rings. The Morgan fingerprint density at radius 1 is 1.04 bits per heavy atom. The highest BCUT2D eigenvalue weighted by Crippen LogP contribution is 2.20. The minimum Gasteiger partial charge on any atom is -1.00 e. The van der Waals surface area contributed by atoms with Gasteiger partial charge in [-0.05, 0) is 24.3 Å². The molecule has 0 N–H and O–H groups in total. The maximum atomic E-state index is 11.8. The number of allylic oxidation sites excluding steroid dienone is 2. The summed E-state index contributed by atoms with van der Waals surface area (Å²) in [6, 6.07) is 18.0. The topological polar surface area (TPSA) is 24.2 Å². The number of aryl methyl sites for hydroxylation is 1. The number of hydrogen-bond acceptors (Lipinski definition) is 2. The molecule has 1 amide bonds. The van der Waals surface area contributed by atoms with Crippen molar-refractivity contribution in [2.75, 3.05) is 4.90 Å². The van der Waals surface area contributed by atoms with E-state index in [2.05, 4.69) is 35.9 Å². The molecule has 0 aliphatic rings. The minimum atomic E-state index is -0.0155. The van der Waals surface area contributed by atoms with Gasteiger partial charge in [-0.25, -0.2) is 0 Å². The Hall–Kier alpha value is -1.99. The number of hydrogen-bond donors (Lipinski definition) is 0. The first-order valence-corrected chi connectivity index (χ1v) is 8.56. The summed E-state index contributed by atoms with van der Waals surface area (Å²) >= 11 is 1.75. The third kappa shape index (κ3) is 4.55. The van der Waals surface area contributed by atoms with Crippen LogP contribution in [0.3, 0.4) is 0 Å². The molecule has 3 aromatic rings. The summed E-state index contributed by atoms with van der Waals surface area (Å²) in [5.74, 6) is -0.0155. The summed E-state index contributed by atoms with van der Waals surface area (Å²) in [7, 11) is 2.06. The fourth-order valence-corrected chi connectivity index (χ4v) is 3.56. The van der Waals surface area contributed by atoms with Gasteiger partial charge in [-0.1, -0.05) is 47.7 Å². The van der Waals surface area contributed by atoms with Crippen molar-refractivity contribution in [1.82, 2.24) is 0 Å². The van der Waals surface area contributed by atoms with Gasteiger partial charge in [0.1, 0.15) is 11.7 Å². The molecule has 2 aromatic carbocycles. The summed E-state index contributed by atoms with van der Waals surface area (Å²) in [5.41, 5.74) is 2.09. The van der Waals surface area contributed by atoms with Crippen LogP contribution in [0.1, 0.15) is 11.9 Å². The summed E-state index contributed by atoms with van der Waals surface area (Å²) in [5, 5.41) is 1.16. The Morgan fingerprint density at radius 3 is 2.40 bits per heavy atom. The van der Waals surface area contributed by atoms with Gasteiger partial charge in [-0.15, -0.1) is 0 Å². The predicted molar refractivity (Wildman–Crippen MR) is 101 cm³/mol. The van der Waals surface area contributed by atoms with Gasteiger partial charge in [0, 0.05) is 31.0 Å². The van der Waals surface area contributed by atoms with Crippen LogP contribution in [-0.2, 0) is 11.8 Å². The molecule has 1 aromatic heterocycles. The first-order chi connectivity index (χ1) is 11.7. The van der Waals surface area contributed by atoms with Crippen molar-refractivity contribution in [2.24, 2.45) is 7.05 Å². The third-order valence-corrected chi connectivity index (χ3v) is 4.91. The van der Waals surface area contributed by atoms with Crippen LogP contribution in [0.15, 0.2) is 72.9 Å². The Bertz CT molecular complexity index is 916. The molecule has 0 unspecified atom stereocenters. The lowest BCUT2D eigenvalue weighted by atomic mass is 10.3. The molecule has 0 bridgehead atoms. The lowest BCUT2D eigenvalue weighted by molar-refractivity contribution is -0.642. The number of halogens is 1. The van der Waals surface area contributed by atoms with E-state index >= 15 is 0 Å². The molecule has 128 valence electrons. The zero-order valence-corrected chi connectivity index (χ0v) is 17.1. The van der Waals surface area contributed by atoms with Crippen molar-refractivity contribution in [3.8, 4) is 0 Å². The van der Waals surface area contributed by atoms with E-state index < -0.39 is 0 Å². The number of benzene rings is 2. The van der Waals surface area contributed by atoms with E-state index in [0.29, 0.717) is 0 Å². The standard InChI is InChI=1S/C20H19N2OS.HI/c1-16(23)22(17-10-4-3-5-11-17)15-9-8-14-20-21(2)18-12-6-7-13-19(18)24-20;/h3-15H,1-2H3;1H/q+1;/p-1. The molecule has 3 nitrogen and oxygen atoms in total. The van der Waals surface area contributed by atoms with Crippen LogP contribution in [0.2, 0.25) is 0 Å².